The lowest BCUT2D eigenvalue weighted by molar-refractivity contribution is -0.122. The number of carbonyl (C=O) groups excluding carboxylic acids is 2. The van der Waals surface area contributed by atoms with E-state index in [2.05, 4.69) is 27.6 Å². The van der Waals surface area contributed by atoms with E-state index in [9.17, 15) is 9.59 Å². The van der Waals surface area contributed by atoms with Crippen LogP contribution in [-0.4, -0.2) is 53.9 Å². The van der Waals surface area contributed by atoms with Crippen LogP contribution < -0.4 is 10.6 Å². The fraction of sp³-hybridized carbons (Fsp3) is 0.583. The smallest absolute Gasteiger partial charge is 0.268 e. The summed E-state index contributed by atoms with van der Waals surface area (Å²) in [7, 11) is 2.16. The number of amides is 2. The largest absolute Gasteiger partial charge is 0.351 e. The third-order valence-electron chi connectivity index (χ3n) is 6.87. The molecule has 1 saturated carbocycles. The Morgan fingerprint density at radius 3 is 2.52 bits per heavy atom. The van der Waals surface area contributed by atoms with E-state index in [0.717, 1.165) is 56.1 Å². The maximum atomic E-state index is 12.9. The van der Waals surface area contributed by atoms with Crippen LogP contribution >= 0.6 is 11.6 Å². The Kier molecular flexibility index (Phi) is 7.18. The molecule has 1 saturated heterocycles. The molecule has 7 heteroatoms. The minimum absolute atomic E-state index is 0.00140. The van der Waals surface area contributed by atoms with Gasteiger partial charge in [-0.05, 0) is 82.4 Å². The molecule has 1 aliphatic carbocycles. The van der Waals surface area contributed by atoms with Crippen LogP contribution in [0.5, 0.6) is 0 Å². The van der Waals surface area contributed by atoms with Gasteiger partial charge < -0.3 is 20.5 Å². The summed E-state index contributed by atoms with van der Waals surface area (Å²) in [5.74, 6) is 0.634. The van der Waals surface area contributed by atoms with E-state index >= 15 is 0 Å². The van der Waals surface area contributed by atoms with Crippen molar-refractivity contribution in [2.24, 2.45) is 5.92 Å². The number of nitrogens with one attached hydrogen (secondary N) is 3. The molecule has 2 aromatic rings. The fourth-order valence-corrected chi connectivity index (χ4v) is 5.09. The molecule has 6 nitrogen and oxygen atoms in total. The zero-order chi connectivity index (χ0) is 21.8. The topological polar surface area (TPSA) is 77.2 Å². The van der Waals surface area contributed by atoms with Gasteiger partial charge >= 0.3 is 0 Å². The Balaban J connectivity index is 1.31. The van der Waals surface area contributed by atoms with Gasteiger partial charge in [0.25, 0.3) is 5.91 Å². The lowest BCUT2D eigenvalue weighted by atomic mass is 9.89. The van der Waals surface area contributed by atoms with E-state index in [-0.39, 0.29) is 23.9 Å². The van der Waals surface area contributed by atoms with Crippen LogP contribution in [0.25, 0.3) is 10.9 Å². The number of fused-ring (bicyclic) bond motifs is 1. The number of aromatic amines is 1. The lowest BCUT2D eigenvalue weighted by Crippen LogP contribution is -2.53. The number of likely N-dealkylation sites (tertiary alicyclic amines) is 1. The third kappa shape index (κ3) is 5.80. The van der Waals surface area contributed by atoms with Gasteiger partial charge in [0.05, 0.1) is 0 Å². The molecule has 2 heterocycles. The number of piperidine rings is 1. The fourth-order valence-electron chi connectivity index (χ4n) is 4.91. The number of hydrogen-bond acceptors (Lipinski definition) is 3. The van der Waals surface area contributed by atoms with E-state index in [1.165, 1.54) is 12.8 Å². The summed E-state index contributed by atoms with van der Waals surface area (Å²) in [6, 6.07) is 7.32. The highest BCUT2D eigenvalue weighted by atomic mass is 35.5. The Morgan fingerprint density at radius 1 is 1.06 bits per heavy atom. The lowest BCUT2D eigenvalue weighted by Gasteiger charge is -2.33. The summed E-state index contributed by atoms with van der Waals surface area (Å²) in [6.07, 6.45) is 7.84. The van der Waals surface area contributed by atoms with Crippen LogP contribution in [0, 0.1) is 5.92 Å². The molecule has 0 bridgehead atoms. The maximum absolute atomic E-state index is 12.9. The molecule has 1 aromatic heterocycles. The van der Waals surface area contributed by atoms with Crippen LogP contribution in [0.2, 0.25) is 5.02 Å². The summed E-state index contributed by atoms with van der Waals surface area (Å²) < 4.78 is 0. The van der Waals surface area contributed by atoms with Gasteiger partial charge in [0.1, 0.15) is 5.69 Å². The summed E-state index contributed by atoms with van der Waals surface area (Å²) in [5, 5.41) is 7.93. The van der Waals surface area contributed by atoms with Crippen molar-refractivity contribution in [3.8, 4) is 0 Å². The van der Waals surface area contributed by atoms with Crippen molar-refractivity contribution in [1.82, 2.24) is 20.5 Å². The van der Waals surface area contributed by atoms with Crippen LogP contribution in [-0.2, 0) is 4.79 Å². The van der Waals surface area contributed by atoms with Gasteiger partial charge in [-0.15, -0.1) is 0 Å². The number of H-pyrrole nitrogens is 1. The highest BCUT2D eigenvalue weighted by molar-refractivity contribution is 6.31. The molecule has 2 fully saturated rings. The molecule has 168 valence electrons. The van der Waals surface area contributed by atoms with Gasteiger partial charge in [-0.1, -0.05) is 24.4 Å². The van der Waals surface area contributed by atoms with Crippen molar-refractivity contribution in [2.45, 2.75) is 63.5 Å². The molecule has 1 aliphatic heterocycles. The van der Waals surface area contributed by atoms with Crippen molar-refractivity contribution in [3.05, 3.63) is 35.0 Å². The molecular formula is C24H33ClN4O2. The van der Waals surface area contributed by atoms with Crippen molar-refractivity contribution < 1.29 is 9.59 Å². The SMILES string of the molecule is CN1CCC(CCC(=O)N[C@H]2CCCC[C@H]2NC(=O)c2cc3cc(Cl)ccc3[nH]2)CC1. The van der Waals surface area contributed by atoms with E-state index in [0.29, 0.717) is 23.1 Å². The highest BCUT2D eigenvalue weighted by Gasteiger charge is 2.29. The first-order valence-corrected chi connectivity index (χ1v) is 11.9. The second-order valence-electron chi connectivity index (χ2n) is 9.24. The van der Waals surface area contributed by atoms with Crippen molar-refractivity contribution >= 4 is 34.3 Å². The molecule has 2 aliphatic rings. The Hall–Kier alpha value is -2.05. The van der Waals surface area contributed by atoms with E-state index in [1.807, 2.05) is 18.2 Å². The van der Waals surface area contributed by atoms with Crippen molar-refractivity contribution in [3.63, 3.8) is 0 Å². The summed E-state index contributed by atoms with van der Waals surface area (Å²) in [5.41, 5.74) is 1.41. The second kappa shape index (κ2) is 10.0. The van der Waals surface area contributed by atoms with Gasteiger partial charge in [-0.2, -0.15) is 0 Å². The van der Waals surface area contributed by atoms with Gasteiger partial charge in [-0.3, -0.25) is 9.59 Å². The Morgan fingerprint density at radius 2 is 1.77 bits per heavy atom. The van der Waals surface area contributed by atoms with Crippen molar-refractivity contribution in [1.29, 1.82) is 0 Å². The van der Waals surface area contributed by atoms with Crippen LogP contribution in [0.3, 0.4) is 0 Å². The normalized spacial score (nSPS) is 23.0. The number of halogens is 1. The average molecular weight is 445 g/mol. The van der Waals surface area contributed by atoms with Gasteiger partial charge in [-0.25, -0.2) is 0 Å². The number of nitrogens with zero attached hydrogens (tertiary/aromatic N) is 1. The molecule has 0 unspecified atom stereocenters. The third-order valence-corrected chi connectivity index (χ3v) is 7.11. The number of hydrogen-bond donors (Lipinski definition) is 3. The van der Waals surface area contributed by atoms with Crippen LogP contribution in [0.1, 0.15) is 61.9 Å². The molecule has 0 radical (unpaired) electrons. The Bertz CT molecular complexity index is 919. The van der Waals surface area contributed by atoms with Gasteiger partial charge in [0, 0.05) is 34.4 Å². The minimum atomic E-state index is -0.134. The first-order valence-electron chi connectivity index (χ1n) is 11.5. The van der Waals surface area contributed by atoms with Crippen molar-refractivity contribution in [2.75, 3.05) is 20.1 Å². The summed E-state index contributed by atoms with van der Waals surface area (Å²) >= 11 is 6.06. The minimum Gasteiger partial charge on any atom is -0.351 e. The average Bonchev–Trinajstić information content (AvgIpc) is 3.18. The number of benzene rings is 1. The zero-order valence-electron chi connectivity index (χ0n) is 18.3. The zero-order valence-corrected chi connectivity index (χ0v) is 19.0. The summed E-state index contributed by atoms with van der Waals surface area (Å²) in [6.45, 7) is 2.26. The van der Waals surface area contributed by atoms with Crippen LogP contribution in [0.4, 0.5) is 0 Å². The van der Waals surface area contributed by atoms with E-state index in [1.54, 1.807) is 6.07 Å². The first-order chi connectivity index (χ1) is 15.0. The first kappa shape index (κ1) is 22.2. The molecule has 2 amide bonds. The molecule has 3 N–H and O–H groups in total. The molecule has 1 aromatic carbocycles. The molecule has 2 atom stereocenters. The number of rotatable bonds is 6. The quantitative estimate of drug-likeness (QED) is 0.627. The molecule has 31 heavy (non-hydrogen) atoms. The predicted octanol–water partition coefficient (Wildman–Crippen LogP) is 4.10. The van der Waals surface area contributed by atoms with E-state index < -0.39 is 0 Å². The highest BCUT2D eigenvalue weighted by Crippen LogP contribution is 2.23. The Labute approximate surface area is 189 Å². The number of aromatic nitrogens is 1. The predicted molar refractivity (Wildman–Crippen MR) is 124 cm³/mol. The number of carbonyl (C=O) groups is 2. The molecular weight excluding hydrogens is 412 g/mol. The van der Waals surface area contributed by atoms with Gasteiger partial charge in [0.15, 0.2) is 0 Å². The monoisotopic (exact) mass is 444 g/mol. The standard InChI is InChI=1S/C24H33ClN4O2/c1-29-12-10-16(11-13-29)6-9-23(30)27-20-4-2-3-5-21(20)28-24(31)22-15-17-14-18(25)7-8-19(17)26-22/h7-8,14-16,20-21,26H,2-6,9-13H2,1H3,(H,27,30)(H,28,31)/t20-,21+/m0/s1. The van der Waals surface area contributed by atoms with Gasteiger partial charge in [0.2, 0.25) is 5.91 Å². The van der Waals surface area contributed by atoms with E-state index in [4.69, 9.17) is 11.6 Å². The molecule has 4 rings (SSSR count). The molecule has 0 spiro atoms. The maximum Gasteiger partial charge on any atom is 0.268 e. The second-order valence-corrected chi connectivity index (χ2v) is 9.67. The summed E-state index contributed by atoms with van der Waals surface area (Å²) in [4.78, 5) is 31.0. The van der Waals surface area contributed by atoms with Crippen LogP contribution in [0.15, 0.2) is 24.3 Å².